The van der Waals surface area contributed by atoms with E-state index in [1.807, 2.05) is 0 Å². The number of carboxylic acid groups (broad SMARTS) is 1. The van der Waals surface area contributed by atoms with Crippen LogP contribution in [0, 0.1) is 11.3 Å². The number of nitriles is 1. The van der Waals surface area contributed by atoms with Crippen LogP contribution in [0.4, 0.5) is 19.0 Å². The van der Waals surface area contributed by atoms with Gasteiger partial charge in [0.1, 0.15) is 11.8 Å². The van der Waals surface area contributed by atoms with Crippen LogP contribution in [-0.2, 0) is 17.4 Å². The van der Waals surface area contributed by atoms with Gasteiger partial charge in [0.05, 0.1) is 28.4 Å². The van der Waals surface area contributed by atoms with Crippen LogP contribution >= 0.6 is 23.2 Å². The van der Waals surface area contributed by atoms with Crippen molar-refractivity contribution < 1.29 is 23.1 Å². The van der Waals surface area contributed by atoms with E-state index < -0.39 is 34.2 Å². The molecule has 0 unspecified atom stereocenters. The van der Waals surface area contributed by atoms with Gasteiger partial charge < -0.3 is 10.0 Å². The summed E-state index contributed by atoms with van der Waals surface area (Å²) in [7, 11) is 3.29. The summed E-state index contributed by atoms with van der Waals surface area (Å²) in [5.74, 6) is -1.34. The summed E-state index contributed by atoms with van der Waals surface area (Å²) < 4.78 is 39.8. The van der Waals surface area contributed by atoms with Crippen molar-refractivity contribution in [2.75, 3.05) is 14.1 Å². The standard InChI is InChI=1S/C16H12Cl2F3N5O2/c1-25(2)7-23-15-9(5-13(27)28)12(6-22)24-26(15)14-10(17)3-8(4-11(14)18)16(19,20)21/h3-4,7H,5H2,1-2H3,(H,27,28). The summed E-state index contributed by atoms with van der Waals surface area (Å²) in [5.41, 5.74) is -1.51. The van der Waals surface area contributed by atoms with Gasteiger partial charge in [-0.05, 0) is 12.1 Å². The Morgan fingerprint density at radius 2 is 1.96 bits per heavy atom. The molecule has 2 rings (SSSR count). The van der Waals surface area contributed by atoms with Crippen molar-refractivity contribution in [3.63, 3.8) is 0 Å². The number of hydrogen-bond acceptors (Lipinski definition) is 4. The highest BCUT2D eigenvalue weighted by atomic mass is 35.5. The molecule has 0 amide bonds. The van der Waals surface area contributed by atoms with Crippen molar-refractivity contribution >= 4 is 41.3 Å². The number of alkyl halides is 3. The third kappa shape index (κ3) is 4.55. The third-order valence-corrected chi connectivity index (χ3v) is 3.93. The SMILES string of the molecule is CN(C)C=Nc1c(CC(=O)O)c(C#N)nn1-c1c(Cl)cc(C(F)(F)F)cc1Cl. The van der Waals surface area contributed by atoms with Gasteiger partial charge in [0.15, 0.2) is 11.5 Å². The van der Waals surface area contributed by atoms with Crippen molar-refractivity contribution in [1.29, 1.82) is 5.26 Å². The Labute approximate surface area is 167 Å². The lowest BCUT2D eigenvalue weighted by molar-refractivity contribution is -0.138. The van der Waals surface area contributed by atoms with E-state index in [4.69, 9.17) is 28.3 Å². The van der Waals surface area contributed by atoms with E-state index in [-0.39, 0.29) is 22.8 Å². The molecule has 0 radical (unpaired) electrons. The molecule has 0 aliphatic rings. The van der Waals surface area contributed by atoms with Crippen LogP contribution in [0.25, 0.3) is 5.69 Å². The second-order valence-corrected chi connectivity index (χ2v) is 6.55. The van der Waals surface area contributed by atoms with Gasteiger partial charge >= 0.3 is 12.1 Å². The van der Waals surface area contributed by atoms with E-state index in [1.165, 1.54) is 11.2 Å². The number of carbonyl (C=O) groups is 1. The number of hydrogen-bond donors (Lipinski definition) is 1. The normalized spacial score (nSPS) is 11.6. The van der Waals surface area contributed by atoms with E-state index >= 15 is 0 Å². The zero-order valence-corrected chi connectivity index (χ0v) is 15.9. The zero-order valence-electron chi connectivity index (χ0n) is 14.4. The van der Waals surface area contributed by atoms with E-state index in [0.717, 1.165) is 4.68 Å². The summed E-state index contributed by atoms with van der Waals surface area (Å²) in [5, 5.41) is 21.6. The molecule has 148 valence electrons. The molecule has 0 saturated carbocycles. The monoisotopic (exact) mass is 433 g/mol. The van der Waals surface area contributed by atoms with Gasteiger partial charge in [-0.15, -0.1) is 0 Å². The second-order valence-electron chi connectivity index (χ2n) is 5.74. The molecular formula is C16H12Cl2F3N5O2. The number of aliphatic imine (C=N–C) groups is 1. The van der Waals surface area contributed by atoms with Crippen molar-refractivity contribution in [3.8, 4) is 11.8 Å². The Kier molecular flexibility index (Phi) is 6.21. The summed E-state index contributed by atoms with van der Waals surface area (Å²) in [6.45, 7) is 0. The molecule has 7 nitrogen and oxygen atoms in total. The van der Waals surface area contributed by atoms with Crippen LogP contribution in [0.1, 0.15) is 16.8 Å². The van der Waals surface area contributed by atoms with Crippen molar-refractivity contribution in [2.45, 2.75) is 12.6 Å². The smallest absolute Gasteiger partial charge is 0.416 e. The average Bonchev–Trinajstić information content (AvgIpc) is 2.88. The maximum atomic E-state index is 13.0. The second kappa shape index (κ2) is 8.08. The van der Waals surface area contributed by atoms with Gasteiger partial charge in [0, 0.05) is 19.7 Å². The van der Waals surface area contributed by atoms with Crippen LogP contribution in [0.5, 0.6) is 0 Å². The highest BCUT2D eigenvalue weighted by Crippen LogP contribution is 2.39. The predicted octanol–water partition coefficient (Wildman–Crippen LogP) is 3.92. The molecule has 12 heteroatoms. The minimum absolute atomic E-state index is 0.0277. The molecule has 0 saturated heterocycles. The maximum absolute atomic E-state index is 13.0. The van der Waals surface area contributed by atoms with Gasteiger partial charge in [-0.1, -0.05) is 23.2 Å². The first-order chi connectivity index (χ1) is 13.0. The minimum atomic E-state index is -4.67. The van der Waals surface area contributed by atoms with Gasteiger partial charge in [-0.3, -0.25) is 4.79 Å². The third-order valence-electron chi connectivity index (χ3n) is 3.36. The van der Waals surface area contributed by atoms with E-state index in [9.17, 15) is 23.2 Å². The fourth-order valence-electron chi connectivity index (χ4n) is 2.24. The number of carboxylic acids is 1. The average molecular weight is 434 g/mol. The van der Waals surface area contributed by atoms with Crippen molar-refractivity contribution in [2.24, 2.45) is 4.99 Å². The molecule has 1 aromatic heterocycles. The molecule has 1 N–H and O–H groups in total. The number of halogens is 5. The molecular weight excluding hydrogens is 422 g/mol. The zero-order chi connectivity index (χ0) is 21.2. The van der Waals surface area contributed by atoms with Crippen LogP contribution in [0.3, 0.4) is 0 Å². The van der Waals surface area contributed by atoms with Crippen molar-refractivity contribution in [3.05, 3.63) is 39.0 Å². The largest absolute Gasteiger partial charge is 0.481 e. The number of aliphatic carboxylic acids is 1. The molecule has 0 aliphatic heterocycles. The molecule has 0 atom stereocenters. The molecule has 28 heavy (non-hydrogen) atoms. The first-order valence-electron chi connectivity index (χ1n) is 7.46. The Hall–Kier alpha value is -2.77. The lowest BCUT2D eigenvalue weighted by atomic mass is 10.1. The van der Waals surface area contributed by atoms with E-state index in [1.54, 1.807) is 20.2 Å². The van der Waals surface area contributed by atoms with Crippen LogP contribution < -0.4 is 0 Å². The molecule has 0 bridgehead atoms. The lowest BCUT2D eigenvalue weighted by Crippen LogP contribution is -2.09. The summed E-state index contributed by atoms with van der Waals surface area (Å²) in [6.07, 6.45) is -3.95. The highest BCUT2D eigenvalue weighted by Gasteiger charge is 2.33. The Morgan fingerprint density at radius 3 is 2.39 bits per heavy atom. The molecule has 0 aliphatic carbocycles. The van der Waals surface area contributed by atoms with Gasteiger partial charge in [-0.2, -0.15) is 23.5 Å². The fourth-order valence-corrected chi connectivity index (χ4v) is 2.88. The lowest BCUT2D eigenvalue weighted by Gasteiger charge is -2.13. The Morgan fingerprint density at radius 1 is 1.39 bits per heavy atom. The number of nitrogens with zero attached hydrogens (tertiary/aromatic N) is 5. The van der Waals surface area contributed by atoms with Gasteiger partial charge in [0.25, 0.3) is 0 Å². The highest BCUT2D eigenvalue weighted by molar-refractivity contribution is 6.38. The first-order valence-corrected chi connectivity index (χ1v) is 8.22. The summed E-state index contributed by atoms with van der Waals surface area (Å²) in [4.78, 5) is 16.8. The van der Waals surface area contributed by atoms with Crippen LogP contribution in [-0.4, -0.2) is 46.2 Å². The van der Waals surface area contributed by atoms with Gasteiger partial charge in [-0.25, -0.2) is 9.67 Å². The Balaban J connectivity index is 2.80. The van der Waals surface area contributed by atoms with Gasteiger partial charge in [0.2, 0.25) is 0 Å². The maximum Gasteiger partial charge on any atom is 0.416 e. The number of benzene rings is 1. The predicted molar refractivity (Wildman–Crippen MR) is 96.5 cm³/mol. The van der Waals surface area contributed by atoms with Crippen molar-refractivity contribution in [1.82, 2.24) is 14.7 Å². The quantitative estimate of drug-likeness (QED) is 0.569. The van der Waals surface area contributed by atoms with Crippen LogP contribution in [0.15, 0.2) is 17.1 Å². The minimum Gasteiger partial charge on any atom is -0.481 e. The molecule has 0 spiro atoms. The number of rotatable bonds is 5. The van der Waals surface area contributed by atoms with E-state index in [0.29, 0.717) is 12.1 Å². The Bertz CT molecular complexity index is 970. The molecule has 1 heterocycles. The topological polar surface area (TPSA) is 94.5 Å². The molecule has 2 aromatic rings. The number of aromatic nitrogens is 2. The summed E-state index contributed by atoms with van der Waals surface area (Å²) >= 11 is 12.0. The molecule has 0 fully saturated rings. The first kappa shape index (κ1) is 21.5. The van der Waals surface area contributed by atoms with E-state index in [2.05, 4.69) is 10.1 Å². The fraction of sp³-hybridized carbons (Fsp3) is 0.250. The molecule has 1 aromatic carbocycles. The summed E-state index contributed by atoms with van der Waals surface area (Å²) in [6, 6.07) is 3.06. The van der Waals surface area contributed by atoms with Crippen LogP contribution in [0.2, 0.25) is 10.0 Å².